The molecule has 1 N–H and O–H groups in total. The highest BCUT2D eigenvalue weighted by Crippen LogP contribution is 2.20. The smallest absolute Gasteiger partial charge is 0.126 e. The Morgan fingerprint density at radius 2 is 2.35 bits per heavy atom. The van der Waals surface area contributed by atoms with Gasteiger partial charge in [0.2, 0.25) is 0 Å². The highest BCUT2D eigenvalue weighted by atomic mass is 19.1. The molecule has 94 valence electrons. The van der Waals surface area contributed by atoms with E-state index >= 15 is 0 Å². The van der Waals surface area contributed by atoms with Crippen molar-refractivity contribution in [2.45, 2.75) is 25.9 Å². The average molecular weight is 237 g/mol. The molecule has 0 amide bonds. The minimum atomic E-state index is -0.0876. The Morgan fingerprint density at radius 1 is 1.47 bits per heavy atom. The van der Waals surface area contributed by atoms with Crippen LogP contribution in [0.15, 0.2) is 18.2 Å². The van der Waals surface area contributed by atoms with Gasteiger partial charge in [-0.1, -0.05) is 12.1 Å². The normalized spacial score (nSPS) is 20.5. The van der Waals surface area contributed by atoms with Crippen LogP contribution in [0.4, 0.5) is 4.39 Å². The Hall–Kier alpha value is -0.930. The highest BCUT2D eigenvalue weighted by Gasteiger charge is 2.15. The molecule has 0 saturated carbocycles. The van der Waals surface area contributed by atoms with Crippen molar-refractivity contribution >= 4 is 0 Å². The summed E-state index contributed by atoms with van der Waals surface area (Å²) in [4.78, 5) is 0. The van der Waals surface area contributed by atoms with E-state index in [2.05, 4.69) is 5.32 Å². The summed E-state index contributed by atoms with van der Waals surface area (Å²) in [7, 11) is 1.66. The maximum Gasteiger partial charge on any atom is 0.126 e. The van der Waals surface area contributed by atoms with Crippen LogP contribution in [0, 0.1) is 11.7 Å². The molecule has 0 radical (unpaired) electrons. The molecule has 1 unspecified atom stereocenters. The van der Waals surface area contributed by atoms with Crippen molar-refractivity contribution in [1.29, 1.82) is 0 Å². The number of hydrogen-bond donors (Lipinski definition) is 1. The number of benzene rings is 1. The summed E-state index contributed by atoms with van der Waals surface area (Å²) in [6.45, 7) is 2.66. The molecule has 1 aromatic rings. The molecular weight excluding hydrogens is 217 g/mol. The summed E-state index contributed by atoms with van der Waals surface area (Å²) in [5.74, 6) is 0.478. The van der Waals surface area contributed by atoms with E-state index in [0.29, 0.717) is 12.5 Å². The fraction of sp³-hybridized carbons (Fsp3) is 0.571. The third kappa shape index (κ3) is 3.51. The number of hydrogen-bond acceptors (Lipinski definition) is 2. The lowest BCUT2D eigenvalue weighted by molar-refractivity contribution is 0.184. The fourth-order valence-corrected chi connectivity index (χ4v) is 2.45. The molecule has 1 aliphatic rings. The first kappa shape index (κ1) is 12.5. The van der Waals surface area contributed by atoms with E-state index in [0.717, 1.165) is 30.6 Å². The molecular formula is C14H20FNO. The molecule has 1 fully saturated rings. The molecule has 3 heteroatoms. The first-order valence-corrected chi connectivity index (χ1v) is 6.26. The molecule has 1 heterocycles. The van der Waals surface area contributed by atoms with Crippen LogP contribution in [0.1, 0.15) is 24.0 Å². The number of rotatable bonds is 4. The highest BCUT2D eigenvalue weighted by molar-refractivity contribution is 5.25. The Kier molecular flexibility index (Phi) is 4.51. The first-order chi connectivity index (χ1) is 8.29. The van der Waals surface area contributed by atoms with E-state index in [9.17, 15) is 4.39 Å². The summed E-state index contributed by atoms with van der Waals surface area (Å²) in [5.41, 5.74) is 1.88. The van der Waals surface area contributed by atoms with Crippen LogP contribution in [0.25, 0.3) is 0 Å². The minimum Gasteiger partial charge on any atom is -0.380 e. The lowest BCUT2D eigenvalue weighted by atomic mass is 9.91. The molecule has 1 saturated heterocycles. The Morgan fingerprint density at radius 3 is 3.06 bits per heavy atom. The topological polar surface area (TPSA) is 21.3 Å². The second-order valence-electron chi connectivity index (χ2n) is 4.78. The Labute approximate surface area is 102 Å². The van der Waals surface area contributed by atoms with Crippen LogP contribution in [-0.2, 0) is 17.8 Å². The van der Waals surface area contributed by atoms with Gasteiger partial charge < -0.3 is 10.1 Å². The standard InChI is InChI=1S/C14H20FNO/c1-17-10-12-4-5-14(15)13(8-12)7-11-3-2-6-16-9-11/h4-5,8,11,16H,2-3,6-7,9-10H2,1H3. The maximum absolute atomic E-state index is 13.7. The minimum absolute atomic E-state index is 0.0876. The van der Waals surface area contributed by atoms with Gasteiger partial charge in [-0.3, -0.25) is 0 Å². The SMILES string of the molecule is COCc1ccc(F)c(CC2CCCNC2)c1. The monoisotopic (exact) mass is 237 g/mol. The van der Waals surface area contributed by atoms with Gasteiger partial charge in [-0.15, -0.1) is 0 Å². The molecule has 17 heavy (non-hydrogen) atoms. The molecule has 0 aliphatic carbocycles. The zero-order valence-electron chi connectivity index (χ0n) is 10.3. The van der Waals surface area contributed by atoms with Crippen molar-refractivity contribution in [2.75, 3.05) is 20.2 Å². The van der Waals surface area contributed by atoms with Crippen molar-refractivity contribution in [2.24, 2.45) is 5.92 Å². The van der Waals surface area contributed by atoms with Crippen LogP contribution in [0.2, 0.25) is 0 Å². The molecule has 0 bridgehead atoms. The van der Waals surface area contributed by atoms with Gasteiger partial charge in [-0.25, -0.2) is 4.39 Å². The maximum atomic E-state index is 13.7. The van der Waals surface area contributed by atoms with Crippen molar-refractivity contribution in [3.8, 4) is 0 Å². The van der Waals surface area contributed by atoms with Gasteiger partial charge in [0.25, 0.3) is 0 Å². The van der Waals surface area contributed by atoms with Crippen LogP contribution < -0.4 is 5.32 Å². The quantitative estimate of drug-likeness (QED) is 0.868. The first-order valence-electron chi connectivity index (χ1n) is 6.26. The Bertz CT molecular complexity index is 361. The van der Waals surface area contributed by atoms with Crippen molar-refractivity contribution in [3.05, 3.63) is 35.1 Å². The molecule has 2 nitrogen and oxygen atoms in total. The predicted octanol–water partition coefficient (Wildman–Crippen LogP) is 2.51. The predicted molar refractivity (Wildman–Crippen MR) is 66.4 cm³/mol. The number of halogens is 1. The van der Waals surface area contributed by atoms with Crippen molar-refractivity contribution in [1.82, 2.24) is 5.32 Å². The summed E-state index contributed by atoms with van der Waals surface area (Å²) >= 11 is 0. The van der Waals surface area contributed by atoms with Crippen molar-refractivity contribution in [3.63, 3.8) is 0 Å². The number of piperidine rings is 1. The van der Waals surface area contributed by atoms with Gasteiger partial charge in [0.15, 0.2) is 0 Å². The van der Waals surface area contributed by atoms with Crippen LogP contribution in [0.5, 0.6) is 0 Å². The van der Waals surface area contributed by atoms with Gasteiger partial charge in [-0.2, -0.15) is 0 Å². The number of methoxy groups -OCH3 is 1. The summed E-state index contributed by atoms with van der Waals surface area (Å²) in [5, 5.41) is 3.37. The molecule has 1 aromatic carbocycles. The van der Waals surface area contributed by atoms with E-state index in [1.165, 1.54) is 12.8 Å². The molecule has 0 aromatic heterocycles. The van der Waals surface area contributed by atoms with Crippen molar-refractivity contribution < 1.29 is 9.13 Å². The Balaban J connectivity index is 2.04. The van der Waals surface area contributed by atoms with Gasteiger partial charge in [0.05, 0.1) is 6.61 Å². The summed E-state index contributed by atoms with van der Waals surface area (Å²) < 4.78 is 18.8. The van der Waals surface area contributed by atoms with E-state index in [1.54, 1.807) is 19.2 Å². The largest absolute Gasteiger partial charge is 0.380 e. The summed E-state index contributed by atoms with van der Waals surface area (Å²) in [6, 6.07) is 5.29. The van der Waals surface area contributed by atoms with Crippen LogP contribution in [0.3, 0.4) is 0 Å². The average Bonchev–Trinajstić information content (AvgIpc) is 2.35. The molecule has 2 rings (SSSR count). The van der Waals surface area contributed by atoms with E-state index in [4.69, 9.17) is 4.74 Å². The van der Waals surface area contributed by atoms with Gasteiger partial charge >= 0.3 is 0 Å². The van der Waals surface area contributed by atoms with E-state index in [1.807, 2.05) is 6.07 Å². The third-order valence-electron chi connectivity index (χ3n) is 3.33. The third-order valence-corrected chi connectivity index (χ3v) is 3.33. The molecule has 1 aliphatic heterocycles. The molecule has 1 atom stereocenters. The van der Waals surface area contributed by atoms with E-state index in [-0.39, 0.29) is 5.82 Å². The number of ether oxygens (including phenoxy) is 1. The second kappa shape index (κ2) is 6.12. The zero-order chi connectivity index (χ0) is 12.1. The lowest BCUT2D eigenvalue weighted by Crippen LogP contribution is -2.31. The fourth-order valence-electron chi connectivity index (χ4n) is 2.45. The van der Waals surface area contributed by atoms with Gasteiger partial charge in [0.1, 0.15) is 5.82 Å². The van der Waals surface area contributed by atoms with Gasteiger partial charge in [0, 0.05) is 7.11 Å². The van der Waals surface area contributed by atoms with E-state index < -0.39 is 0 Å². The van der Waals surface area contributed by atoms with Gasteiger partial charge in [-0.05, 0) is 55.5 Å². The zero-order valence-corrected chi connectivity index (χ0v) is 10.3. The number of nitrogens with one attached hydrogen (secondary N) is 1. The molecule has 0 spiro atoms. The summed E-state index contributed by atoms with van der Waals surface area (Å²) in [6.07, 6.45) is 3.22. The lowest BCUT2D eigenvalue weighted by Gasteiger charge is -2.23. The second-order valence-corrected chi connectivity index (χ2v) is 4.78. The van der Waals surface area contributed by atoms with Crippen LogP contribution in [-0.4, -0.2) is 20.2 Å². The van der Waals surface area contributed by atoms with Crippen LogP contribution >= 0.6 is 0 Å².